The molecule has 0 bridgehead atoms. The number of nitrogens with zero attached hydrogens (tertiary/aromatic N) is 1. The minimum atomic E-state index is -0.269. The van der Waals surface area contributed by atoms with Crippen LogP contribution < -0.4 is 10.6 Å². The third kappa shape index (κ3) is 2.99. The monoisotopic (exact) mass is 359 g/mol. The number of carbonyl (C=O) groups is 2. The van der Waals surface area contributed by atoms with E-state index in [4.69, 9.17) is 0 Å². The van der Waals surface area contributed by atoms with Crippen molar-refractivity contribution < 1.29 is 9.59 Å². The maximum Gasteiger partial charge on any atom is 0.284 e. The first-order chi connectivity index (χ1) is 10.1. The van der Waals surface area contributed by atoms with E-state index in [1.807, 2.05) is 30.3 Å². The van der Waals surface area contributed by atoms with Crippen LogP contribution in [0, 0.1) is 0 Å². The molecule has 5 heteroatoms. The Hall–Kier alpha value is -1.72. The average molecular weight is 360 g/mol. The number of benzene rings is 2. The number of amides is 1. The lowest BCUT2D eigenvalue weighted by Gasteiger charge is -2.01. The molecule has 0 radical (unpaired) electrons. The molecule has 1 heterocycles. The van der Waals surface area contributed by atoms with E-state index in [0.29, 0.717) is 15.8 Å². The van der Waals surface area contributed by atoms with Crippen molar-refractivity contribution in [2.75, 3.05) is 5.75 Å². The Morgan fingerprint density at radius 3 is 2.67 bits per heavy atom. The molecule has 2 aromatic rings. The largest absolute Gasteiger partial charge is 0.293 e. The molecule has 0 saturated heterocycles. The van der Waals surface area contributed by atoms with Gasteiger partial charge in [-0.15, -0.1) is 11.8 Å². The molecular weight excluding hydrogens is 350 g/mol. The molecule has 0 saturated carbocycles. The van der Waals surface area contributed by atoms with E-state index in [2.05, 4.69) is 20.9 Å². The van der Waals surface area contributed by atoms with E-state index in [1.165, 1.54) is 11.8 Å². The molecule has 1 amide bonds. The quantitative estimate of drug-likeness (QED) is 0.787. The van der Waals surface area contributed by atoms with Crippen LogP contribution in [0.3, 0.4) is 0 Å². The topological polar surface area (TPSA) is 46.5 Å². The van der Waals surface area contributed by atoms with Crippen LogP contribution in [0.1, 0.15) is 10.4 Å². The fourth-order valence-corrected chi connectivity index (χ4v) is 3.34. The molecule has 0 fully saturated rings. The Morgan fingerprint density at radius 2 is 1.90 bits per heavy atom. The van der Waals surface area contributed by atoms with E-state index in [0.717, 1.165) is 9.69 Å². The summed E-state index contributed by atoms with van der Waals surface area (Å²) in [5, 5.41) is 1.46. The molecule has 3 nitrogen and oxygen atoms in total. The molecule has 0 aromatic heterocycles. The van der Waals surface area contributed by atoms with Crippen LogP contribution in [0.2, 0.25) is 0 Å². The molecule has 1 aliphatic rings. The van der Waals surface area contributed by atoms with Gasteiger partial charge in [0.05, 0.1) is 16.0 Å². The molecule has 0 aliphatic carbocycles. The highest BCUT2D eigenvalue weighted by molar-refractivity contribution is 9.10. The first-order valence-corrected chi connectivity index (χ1v) is 8.07. The zero-order valence-corrected chi connectivity index (χ0v) is 13.3. The van der Waals surface area contributed by atoms with Gasteiger partial charge in [0, 0.05) is 15.3 Å². The number of ketones is 1. The second kappa shape index (κ2) is 5.95. The zero-order valence-electron chi connectivity index (χ0n) is 10.9. The van der Waals surface area contributed by atoms with Gasteiger partial charge in [0.1, 0.15) is 0 Å². The number of hydrogen-bond donors (Lipinski definition) is 0. The van der Waals surface area contributed by atoms with Crippen molar-refractivity contribution >= 4 is 44.3 Å². The zero-order chi connectivity index (χ0) is 14.8. The Labute approximate surface area is 133 Å². The van der Waals surface area contributed by atoms with Gasteiger partial charge in [-0.2, -0.15) is 0 Å². The molecule has 104 valence electrons. The van der Waals surface area contributed by atoms with Crippen molar-refractivity contribution in [1.29, 1.82) is 0 Å². The predicted molar refractivity (Wildman–Crippen MR) is 86.6 cm³/mol. The Morgan fingerprint density at radius 1 is 1.14 bits per heavy atom. The van der Waals surface area contributed by atoms with Gasteiger partial charge in [0.2, 0.25) is 0 Å². The maximum absolute atomic E-state index is 12.1. The number of carbonyl (C=O) groups excluding carboxylic acids is 2. The highest BCUT2D eigenvalue weighted by atomic mass is 79.9. The van der Waals surface area contributed by atoms with Crippen molar-refractivity contribution in [2.24, 2.45) is 4.99 Å². The van der Waals surface area contributed by atoms with E-state index < -0.39 is 0 Å². The third-order valence-electron chi connectivity index (χ3n) is 3.06. The SMILES string of the molecule is O=C1N=c2cc(Br)ccc2=C1SCC(=O)c1ccccc1. The molecule has 2 aromatic carbocycles. The van der Waals surface area contributed by atoms with Crippen LogP contribution >= 0.6 is 27.7 Å². The summed E-state index contributed by atoms with van der Waals surface area (Å²) in [5.41, 5.74) is 0.656. The molecule has 3 rings (SSSR count). The van der Waals surface area contributed by atoms with E-state index >= 15 is 0 Å². The fraction of sp³-hybridized carbons (Fsp3) is 0.0625. The minimum absolute atomic E-state index is 0.00598. The first kappa shape index (κ1) is 14.2. The third-order valence-corrected chi connectivity index (χ3v) is 4.65. The number of rotatable bonds is 4. The second-order valence-corrected chi connectivity index (χ2v) is 6.39. The van der Waals surface area contributed by atoms with Crippen LogP contribution in [0.5, 0.6) is 0 Å². The highest BCUT2D eigenvalue weighted by Crippen LogP contribution is 2.20. The van der Waals surface area contributed by atoms with Crippen molar-refractivity contribution in [3.05, 3.63) is 69.1 Å². The molecule has 0 N–H and O–H groups in total. The number of Topliss-reactive ketones (excluding diaryl/α,β-unsaturated/α-hetero) is 1. The Bertz CT molecular complexity index is 846. The molecule has 0 atom stereocenters. The highest BCUT2D eigenvalue weighted by Gasteiger charge is 2.18. The standard InChI is InChI=1S/C16H10BrNO2S/c17-11-6-7-12-13(8-11)18-16(20)15(12)21-9-14(19)10-4-2-1-3-5-10/h1-8H,9H2. The van der Waals surface area contributed by atoms with E-state index in [1.54, 1.807) is 18.2 Å². The Kier molecular flexibility index (Phi) is 4.03. The maximum atomic E-state index is 12.1. The van der Waals surface area contributed by atoms with Crippen molar-refractivity contribution in [1.82, 2.24) is 0 Å². The van der Waals surface area contributed by atoms with Gasteiger partial charge in [-0.3, -0.25) is 9.59 Å². The fourth-order valence-electron chi connectivity index (χ4n) is 2.05. The van der Waals surface area contributed by atoms with Gasteiger partial charge in [0.15, 0.2) is 5.78 Å². The van der Waals surface area contributed by atoms with Gasteiger partial charge < -0.3 is 0 Å². The lowest BCUT2D eigenvalue weighted by atomic mass is 10.2. The number of thioether (sulfide) groups is 1. The number of hydrogen-bond acceptors (Lipinski definition) is 3. The van der Waals surface area contributed by atoms with Crippen LogP contribution in [-0.4, -0.2) is 17.4 Å². The van der Waals surface area contributed by atoms with Crippen LogP contribution in [-0.2, 0) is 4.79 Å². The van der Waals surface area contributed by atoms with Crippen molar-refractivity contribution in [2.45, 2.75) is 0 Å². The van der Waals surface area contributed by atoms with Crippen LogP contribution in [0.15, 0.2) is 58.0 Å². The van der Waals surface area contributed by atoms with E-state index in [9.17, 15) is 9.59 Å². The summed E-state index contributed by atoms with van der Waals surface area (Å²) in [5.74, 6) is -0.0312. The first-order valence-electron chi connectivity index (χ1n) is 6.29. The van der Waals surface area contributed by atoms with Crippen LogP contribution in [0.4, 0.5) is 0 Å². The Balaban J connectivity index is 1.84. The van der Waals surface area contributed by atoms with Gasteiger partial charge >= 0.3 is 0 Å². The minimum Gasteiger partial charge on any atom is -0.293 e. The summed E-state index contributed by atoms with van der Waals surface area (Å²) in [7, 11) is 0. The second-order valence-electron chi connectivity index (χ2n) is 4.49. The molecule has 1 aliphatic heterocycles. The van der Waals surface area contributed by atoms with Gasteiger partial charge in [0.25, 0.3) is 5.91 Å². The van der Waals surface area contributed by atoms with Gasteiger partial charge in [-0.1, -0.05) is 52.3 Å². The summed E-state index contributed by atoms with van der Waals surface area (Å²) in [6.45, 7) is 0. The van der Waals surface area contributed by atoms with Gasteiger partial charge in [-0.05, 0) is 12.1 Å². The van der Waals surface area contributed by atoms with E-state index in [-0.39, 0.29) is 17.4 Å². The average Bonchev–Trinajstić information content (AvgIpc) is 2.80. The predicted octanol–water partition coefficient (Wildman–Crippen LogP) is 2.33. The van der Waals surface area contributed by atoms with Crippen molar-refractivity contribution in [3.63, 3.8) is 0 Å². The smallest absolute Gasteiger partial charge is 0.284 e. The molecule has 21 heavy (non-hydrogen) atoms. The molecule has 0 spiro atoms. The van der Waals surface area contributed by atoms with Crippen LogP contribution in [0.25, 0.3) is 4.91 Å². The summed E-state index contributed by atoms with van der Waals surface area (Å²) >= 11 is 4.61. The molecule has 0 unspecified atom stereocenters. The number of fused-ring (bicyclic) bond motifs is 1. The lowest BCUT2D eigenvalue weighted by molar-refractivity contribution is -0.112. The summed E-state index contributed by atoms with van der Waals surface area (Å²) in [6, 6.07) is 14.6. The summed E-state index contributed by atoms with van der Waals surface area (Å²) in [6.07, 6.45) is 0. The summed E-state index contributed by atoms with van der Waals surface area (Å²) < 4.78 is 0.879. The lowest BCUT2D eigenvalue weighted by Crippen LogP contribution is -2.22. The summed E-state index contributed by atoms with van der Waals surface area (Å²) in [4.78, 5) is 28.6. The van der Waals surface area contributed by atoms with Gasteiger partial charge in [-0.25, -0.2) is 4.99 Å². The van der Waals surface area contributed by atoms with Crippen molar-refractivity contribution in [3.8, 4) is 0 Å². The molecular formula is C16H10BrNO2S. The normalized spacial score (nSPS) is 13.0. The number of halogens is 1.